The van der Waals surface area contributed by atoms with Crippen molar-refractivity contribution < 1.29 is 9.53 Å². The Morgan fingerprint density at radius 3 is 2.82 bits per heavy atom. The first-order valence-corrected chi connectivity index (χ1v) is 7.02. The molecule has 3 aromatic rings. The van der Waals surface area contributed by atoms with E-state index in [1.165, 1.54) is 13.2 Å². The van der Waals surface area contributed by atoms with Gasteiger partial charge in [-0.2, -0.15) is 5.10 Å². The summed E-state index contributed by atoms with van der Waals surface area (Å²) in [5.74, 6) is -0.362. The Balaban J connectivity index is 1.92. The number of aromatic nitrogens is 2. The van der Waals surface area contributed by atoms with Crippen LogP contribution in [0.5, 0.6) is 0 Å². The third-order valence-electron chi connectivity index (χ3n) is 3.53. The molecule has 0 aliphatic carbocycles. The topological polar surface area (TPSA) is 44.1 Å². The minimum atomic E-state index is -0.362. The summed E-state index contributed by atoms with van der Waals surface area (Å²) in [7, 11) is 1.37. The van der Waals surface area contributed by atoms with Crippen LogP contribution in [0.1, 0.15) is 11.1 Å². The van der Waals surface area contributed by atoms with Crippen molar-refractivity contribution in [2.24, 2.45) is 0 Å². The second-order valence-corrected chi connectivity index (χ2v) is 4.92. The minimum Gasteiger partial charge on any atom is -0.466 e. The van der Waals surface area contributed by atoms with Crippen LogP contribution in [0.25, 0.3) is 17.0 Å². The van der Waals surface area contributed by atoms with E-state index in [0.29, 0.717) is 6.54 Å². The van der Waals surface area contributed by atoms with Crippen molar-refractivity contribution in [2.45, 2.75) is 6.54 Å². The molecule has 0 N–H and O–H groups in total. The first-order chi connectivity index (χ1) is 10.8. The van der Waals surface area contributed by atoms with Crippen molar-refractivity contribution in [1.29, 1.82) is 0 Å². The van der Waals surface area contributed by atoms with Gasteiger partial charge in [0.1, 0.15) is 0 Å². The third kappa shape index (κ3) is 2.91. The number of esters is 1. The number of hydrogen-bond acceptors (Lipinski definition) is 3. The predicted octanol–water partition coefficient (Wildman–Crippen LogP) is 3.27. The Morgan fingerprint density at radius 2 is 1.95 bits per heavy atom. The van der Waals surface area contributed by atoms with Crippen molar-refractivity contribution in [3.8, 4) is 0 Å². The van der Waals surface area contributed by atoms with Gasteiger partial charge in [-0.1, -0.05) is 42.5 Å². The number of carbonyl (C=O) groups excluding carboxylic acids is 1. The number of methoxy groups -OCH3 is 1. The van der Waals surface area contributed by atoms with Crippen molar-refractivity contribution >= 4 is 22.9 Å². The van der Waals surface area contributed by atoms with Gasteiger partial charge in [0.15, 0.2) is 0 Å². The highest BCUT2D eigenvalue weighted by atomic mass is 16.5. The Morgan fingerprint density at radius 1 is 1.18 bits per heavy atom. The molecule has 2 aromatic carbocycles. The molecule has 0 bridgehead atoms. The summed E-state index contributed by atoms with van der Waals surface area (Å²) in [5, 5.41) is 5.56. The molecule has 3 rings (SSSR count). The van der Waals surface area contributed by atoms with Crippen LogP contribution < -0.4 is 0 Å². The number of carbonyl (C=O) groups is 1. The molecule has 1 heterocycles. The van der Waals surface area contributed by atoms with Crippen LogP contribution in [0.2, 0.25) is 0 Å². The lowest BCUT2D eigenvalue weighted by atomic mass is 10.1. The first kappa shape index (κ1) is 14.1. The van der Waals surface area contributed by atoms with E-state index in [0.717, 1.165) is 22.0 Å². The quantitative estimate of drug-likeness (QED) is 0.547. The largest absolute Gasteiger partial charge is 0.466 e. The van der Waals surface area contributed by atoms with E-state index in [2.05, 4.69) is 15.9 Å². The zero-order chi connectivity index (χ0) is 15.4. The fraction of sp³-hybridized carbons (Fsp3) is 0.111. The van der Waals surface area contributed by atoms with Crippen LogP contribution in [-0.2, 0) is 16.1 Å². The summed E-state index contributed by atoms with van der Waals surface area (Å²) >= 11 is 0. The number of ether oxygens (including phenoxy) is 1. The molecule has 0 atom stereocenters. The van der Waals surface area contributed by atoms with Gasteiger partial charge in [-0.15, -0.1) is 0 Å². The molecule has 0 fully saturated rings. The summed E-state index contributed by atoms with van der Waals surface area (Å²) in [6, 6.07) is 16.0. The molecular weight excluding hydrogens is 276 g/mol. The second-order valence-electron chi connectivity index (χ2n) is 4.92. The molecule has 4 heteroatoms. The van der Waals surface area contributed by atoms with E-state index in [4.69, 9.17) is 0 Å². The smallest absolute Gasteiger partial charge is 0.330 e. The maximum Gasteiger partial charge on any atom is 0.330 e. The number of nitrogens with zero attached hydrogens (tertiary/aromatic N) is 2. The number of rotatable bonds is 4. The Hall–Kier alpha value is -2.88. The van der Waals surface area contributed by atoms with Gasteiger partial charge in [0.2, 0.25) is 0 Å². The highest BCUT2D eigenvalue weighted by Crippen LogP contribution is 2.17. The molecule has 0 unspecified atom stereocenters. The van der Waals surface area contributed by atoms with Crippen LogP contribution >= 0.6 is 0 Å². The van der Waals surface area contributed by atoms with Crippen LogP contribution in [0.4, 0.5) is 0 Å². The van der Waals surface area contributed by atoms with Crippen LogP contribution in [0.3, 0.4) is 0 Å². The molecule has 4 nitrogen and oxygen atoms in total. The van der Waals surface area contributed by atoms with E-state index >= 15 is 0 Å². The van der Waals surface area contributed by atoms with Crippen molar-refractivity contribution in [1.82, 2.24) is 9.78 Å². The summed E-state index contributed by atoms with van der Waals surface area (Å²) < 4.78 is 6.59. The lowest BCUT2D eigenvalue weighted by molar-refractivity contribution is -0.134. The number of hydrogen-bond donors (Lipinski definition) is 0. The Kier molecular flexibility index (Phi) is 4.01. The zero-order valence-electron chi connectivity index (χ0n) is 12.3. The van der Waals surface area contributed by atoms with Crippen molar-refractivity contribution in [2.75, 3.05) is 7.11 Å². The van der Waals surface area contributed by atoms with Gasteiger partial charge in [0, 0.05) is 11.5 Å². The molecule has 22 heavy (non-hydrogen) atoms. The number of para-hydroxylation sites is 1. The molecule has 0 amide bonds. The van der Waals surface area contributed by atoms with Crippen molar-refractivity contribution in [3.05, 3.63) is 71.9 Å². The minimum absolute atomic E-state index is 0.362. The van der Waals surface area contributed by atoms with Crippen LogP contribution in [0, 0.1) is 0 Å². The average molecular weight is 292 g/mol. The lowest BCUT2D eigenvalue weighted by Crippen LogP contribution is -2.03. The highest BCUT2D eigenvalue weighted by molar-refractivity contribution is 5.87. The molecule has 0 aliphatic rings. The third-order valence-corrected chi connectivity index (χ3v) is 3.53. The summed E-state index contributed by atoms with van der Waals surface area (Å²) in [6.07, 6.45) is 5.06. The van der Waals surface area contributed by atoms with Gasteiger partial charge in [0.05, 0.1) is 25.4 Å². The zero-order valence-corrected chi connectivity index (χ0v) is 12.3. The van der Waals surface area contributed by atoms with Gasteiger partial charge in [-0.25, -0.2) is 4.79 Å². The monoisotopic (exact) mass is 292 g/mol. The highest BCUT2D eigenvalue weighted by Gasteiger charge is 2.05. The summed E-state index contributed by atoms with van der Waals surface area (Å²) in [4.78, 5) is 11.3. The Labute approximate surface area is 128 Å². The average Bonchev–Trinajstić information content (AvgIpc) is 2.97. The van der Waals surface area contributed by atoms with Gasteiger partial charge < -0.3 is 4.74 Å². The van der Waals surface area contributed by atoms with E-state index in [-0.39, 0.29) is 5.97 Å². The van der Waals surface area contributed by atoms with E-state index in [1.807, 2.05) is 53.3 Å². The fourth-order valence-corrected chi connectivity index (χ4v) is 2.38. The normalized spacial score (nSPS) is 11.1. The van der Waals surface area contributed by atoms with Gasteiger partial charge in [0.25, 0.3) is 0 Å². The predicted molar refractivity (Wildman–Crippen MR) is 86.3 cm³/mol. The Bertz CT molecular complexity index is 834. The van der Waals surface area contributed by atoms with E-state index in [1.54, 1.807) is 6.08 Å². The molecule has 0 saturated heterocycles. The van der Waals surface area contributed by atoms with E-state index < -0.39 is 0 Å². The maximum atomic E-state index is 11.3. The number of fused-ring (bicyclic) bond motifs is 1. The molecule has 0 aliphatic heterocycles. The first-order valence-electron chi connectivity index (χ1n) is 7.02. The van der Waals surface area contributed by atoms with Gasteiger partial charge in [-0.05, 0) is 23.3 Å². The molecule has 110 valence electrons. The fourth-order valence-electron chi connectivity index (χ4n) is 2.38. The molecule has 0 radical (unpaired) electrons. The molecule has 0 spiro atoms. The molecular formula is C18H16N2O2. The molecule has 0 saturated carbocycles. The molecule has 1 aromatic heterocycles. The summed E-state index contributed by atoms with van der Waals surface area (Å²) in [6.45, 7) is 0.648. The summed E-state index contributed by atoms with van der Waals surface area (Å²) in [5.41, 5.74) is 3.17. The lowest BCUT2D eigenvalue weighted by Gasteiger charge is -2.07. The van der Waals surface area contributed by atoms with Gasteiger partial charge >= 0.3 is 5.97 Å². The van der Waals surface area contributed by atoms with Crippen LogP contribution in [0.15, 0.2) is 60.8 Å². The van der Waals surface area contributed by atoms with Crippen LogP contribution in [-0.4, -0.2) is 22.9 Å². The van der Waals surface area contributed by atoms with E-state index in [9.17, 15) is 4.79 Å². The number of benzene rings is 2. The maximum absolute atomic E-state index is 11.3. The SMILES string of the molecule is COC(=O)/C=C/c1ccccc1Cn1ncc2ccccc21. The van der Waals surface area contributed by atoms with Gasteiger partial charge in [-0.3, -0.25) is 4.68 Å². The standard InChI is InChI=1S/C18H16N2O2/c1-22-18(21)11-10-14-6-2-3-8-16(14)13-20-17-9-5-4-7-15(17)12-19-20/h2-12H,13H2,1H3/b11-10+. The van der Waals surface area contributed by atoms with Crippen molar-refractivity contribution in [3.63, 3.8) is 0 Å². The second kappa shape index (κ2) is 6.26.